The van der Waals surface area contributed by atoms with Gasteiger partial charge in [0, 0.05) is 6.54 Å². The van der Waals surface area contributed by atoms with E-state index in [4.69, 9.17) is 4.74 Å². The van der Waals surface area contributed by atoms with Crippen LogP contribution < -0.4 is 10.1 Å². The summed E-state index contributed by atoms with van der Waals surface area (Å²) < 4.78 is 45.0. The Labute approximate surface area is 144 Å². The molecule has 1 atom stereocenters. The maximum atomic E-state index is 13.7. The van der Waals surface area contributed by atoms with E-state index in [1.54, 1.807) is 19.2 Å². The molecule has 0 heterocycles. The molecule has 0 spiro atoms. The zero-order valence-corrected chi connectivity index (χ0v) is 14.1. The molecule has 0 saturated heterocycles. The number of carbonyl (C=O) groups is 1. The number of carbonyl (C=O) groups excluding carboxylic acids is 1. The summed E-state index contributed by atoms with van der Waals surface area (Å²) in [7, 11) is 5.23. The molecule has 2 aromatic rings. The van der Waals surface area contributed by atoms with Crippen LogP contribution in [0.4, 0.5) is 13.2 Å². The standard InChI is InChI=1S/C18H19F3N2O2/c1-23(2)15(11-4-6-12(25-3)7-5-11)10-22-18(24)13-8-9-14(19)17(21)16(13)20/h4-9,15H,10H2,1-3H3,(H,22,24). The second-order valence-corrected chi connectivity index (χ2v) is 5.69. The number of nitrogens with one attached hydrogen (secondary N) is 1. The molecule has 0 aliphatic rings. The minimum atomic E-state index is -1.66. The van der Waals surface area contributed by atoms with Crippen LogP contribution in [0.1, 0.15) is 22.0 Å². The summed E-state index contributed by atoms with van der Waals surface area (Å²) in [5, 5.41) is 2.55. The summed E-state index contributed by atoms with van der Waals surface area (Å²) in [5.41, 5.74) is 0.378. The first-order valence-electron chi connectivity index (χ1n) is 7.57. The first-order chi connectivity index (χ1) is 11.8. The minimum absolute atomic E-state index is 0.163. The monoisotopic (exact) mass is 352 g/mol. The molecule has 0 aliphatic heterocycles. The Kier molecular flexibility index (Phi) is 6.03. The van der Waals surface area contributed by atoms with Gasteiger partial charge in [0.2, 0.25) is 0 Å². The van der Waals surface area contributed by atoms with E-state index in [0.717, 1.165) is 17.7 Å². The molecular weight excluding hydrogens is 333 g/mol. The van der Waals surface area contributed by atoms with Gasteiger partial charge in [0.05, 0.1) is 18.7 Å². The van der Waals surface area contributed by atoms with Crippen molar-refractivity contribution in [2.24, 2.45) is 0 Å². The number of halogens is 3. The number of ether oxygens (including phenoxy) is 1. The van der Waals surface area contributed by atoms with Gasteiger partial charge >= 0.3 is 0 Å². The molecule has 0 saturated carbocycles. The lowest BCUT2D eigenvalue weighted by Crippen LogP contribution is -2.35. The number of likely N-dealkylation sites (N-methyl/N-ethyl adjacent to an activating group) is 1. The van der Waals surface area contributed by atoms with Crippen molar-refractivity contribution in [2.45, 2.75) is 6.04 Å². The molecule has 7 heteroatoms. The summed E-state index contributed by atoms with van der Waals surface area (Å²) in [6.45, 7) is 0.163. The third kappa shape index (κ3) is 4.30. The van der Waals surface area contributed by atoms with Gasteiger partial charge in [-0.25, -0.2) is 13.2 Å². The van der Waals surface area contributed by atoms with E-state index < -0.39 is 28.9 Å². The zero-order chi connectivity index (χ0) is 18.6. The molecule has 2 rings (SSSR count). The summed E-state index contributed by atoms with van der Waals surface area (Å²) in [6.07, 6.45) is 0. The van der Waals surface area contributed by atoms with E-state index in [1.165, 1.54) is 0 Å². The van der Waals surface area contributed by atoms with Crippen LogP contribution in [0.15, 0.2) is 36.4 Å². The van der Waals surface area contributed by atoms with Gasteiger partial charge in [-0.3, -0.25) is 4.79 Å². The average Bonchev–Trinajstić information content (AvgIpc) is 2.60. The van der Waals surface area contributed by atoms with E-state index in [1.807, 2.05) is 31.1 Å². The highest BCUT2D eigenvalue weighted by Gasteiger charge is 2.21. The first kappa shape index (κ1) is 18.8. The van der Waals surface area contributed by atoms with E-state index in [0.29, 0.717) is 5.75 Å². The smallest absolute Gasteiger partial charge is 0.254 e. The van der Waals surface area contributed by atoms with Crippen molar-refractivity contribution in [2.75, 3.05) is 27.7 Å². The lowest BCUT2D eigenvalue weighted by atomic mass is 10.1. The number of rotatable bonds is 6. The van der Waals surface area contributed by atoms with Crippen LogP contribution in [0.5, 0.6) is 5.75 Å². The van der Waals surface area contributed by atoms with Gasteiger partial charge in [-0.05, 0) is 43.9 Å². The molecule has 1 N–H and O–H groups in total. The molecular formula is C18H19F3N2O2. The Morgan fingerprint density at radius 2 is 1.72 bits per heavy atom. The second-order valence-electron chi connectivity index (χ2n) is 5.69. The fourth-order valence-corrected chi connectivity index (χ4v) is 2.41. The summed E-state index contributed by atoms with van der Waals surface area (Å²) >= 11 is 0. The van der Waals surface area contributed by atoms with Crippen molar-refractivity contribution in [3.05, 3.63) is 65.0 Å². The van der Waals surface area contributed by atoms with Gasteiger partial charge in [0.1, 0.15) is 5.75 Å². The molecule has 0 aromatic heterocycles. The van der Waals surface area contributed by atoms with Crippen molar-refractivity contribution < 1.29 is 22.7 Å². The van der Waals surface area contributed by atoms with Gasteiger partial charge in [-0.2, -0.15) is 0 Å². The number of hydrogen-bond acceptors (Lipinski definition) is 3. The van der Waals surface area contributed by atoms with Gasteiger partial charge in [0.15, 0.2) is 17.5 Å². The van der Waals surface area contributed by atoms with Gasteiger partial charge in [-0.1, -0.05) is 12.1 Å². The Morgan fingerprint density at radius 1 is 1.08 bits per heavy atom. The first-order valence-corrected chi connectivity index (χ1v) is 7.57. The normalized spacial score (nSPS) is 12.1. The maximum Gasteiger partial charge on any atom is 0.254 e. The zero-order valence-electron chi connectivity index (χ0n) is 14.1. The maximum absolute atomic E-state index is 13.7. The SMILES string of the molecule is COc1ccc(C(CNC(=O)c2ccc(F)c(F)c2F)N(C)C)cc1. The predicted octanol–water partition coefficient (Wildman–Crippen LogP) is 3.15. The molecule has 134 valence electrons. The topological polar surface area (TPSA) is 41.6 Å². The van der Waals surface area contributed by atoms with Crippen molar-refractivity contribution in [3.8, 4) is 5.75 Å². The Balaban J connectivity index is 2.13. The molecule has 0 bridgehead atoms. The van der Waals surface area contributed by atoms with E-state index in [9.17, 15) is 18.0 Å². The molecule has 1 amide bonds. The quantitative estimate of drug-likeness (QED) is 0.812. The Bertz CT molecular complexity index is 749. The lowest BCUT2D eigenvalue weighted by molar-refractivity contribution is 0.0936. The summed E-state index contributed by atoms with van der Waals surface area (Å²) in [6, 6.07) is 8.75. The molecule has 0 fully saturated rings. The second kappa shape index (κ2) is 8.02. The van der Waals surface area contributed by atoms with Crippen molar-refractivity contribution in [1.29, 1.82) is 0 Å². The van der Waals surface area contributed by atoms with Crippen LogP contribution >= 0.6 is 0 Å². The van der Waals surface area contributed by atoms with E-state index in [-0.39, 0.29) is 12.6 Å². The molecule has 2 aromatic carbocycles. The number of amides is 1. The van der Waals surface area contributed by atoms with E-state index in [2.05, 4.69) is 5.32 Å². The number of hydrogen-bond donors (Lipinski definition) is 1. The average molecular weight is 352 g/mol. The van der Waals surface area contributed by atoms with Gasteiger partial charge in [-0.15, -0.1) is 0 Å². The Hall–Kier alpha value is -2.54. The summed E-state index contributed by atoms with van der Waals surface area (Å²) in [4.78, 5) is 14.0. The van der Waals surface area contributed by atoms with Gasteiger partial charge in [0.25, 0.3) is 5.91 Å². The van der Waals surface area contributed by atoms with Crippen LogP contribution in [0.2, 0.25) is 0 Å². The van der Waals surface area contributed by atoms with Crippen LogP contribution in [-0.2, 0) is 0 Å². The highest BCUT2D eigenvalue weighted by atomic mass is 19.2. The Morgan fingerprint density at radius 3 is 2.28 bits per heavy atom. The molecule has 0 radical (unpaired) electrons. The van der Waals surface area contributed by atoms with Crippen LogP contribution in [0.3, 0.4) is 0 Å². The van der Waals surface area contributed by atoms with Crippen LogP contribution in [0, 0.1) is 17.5 Å². The molecule has 1 unspecified atom stereocenters. The largest absolute Gasteiger partial charge is 0.497 e. The van der Waals surface area contributed by atoms with Crippen LogP contribution in [0.25, 0.3) is 0 Å². The molecule has 0 aliphatic carbocycles. The third-order valence-corrected chi connectivity index (χ3v) is 3.86. The fourth-order valence-electron chi connectivity index (χ4n) is 2.41. The van der Waals surface area contributed by atoms with Crippen molar-refractivity contribution in [3.63, 3.8) is 0 Å². The lowest BCUT2D eigenvalue weighted by Gasteiger charge is -2.25. The van der Waals surface area contributed by atoms with Crippen LogP contribution in [-0.4, -0.2) is 38.6 Å². The van der Waals surface area contributed by atoms with Crippen molar-refractivity contribution >= 4 is 5.91 Å². The number of nitrogens with zero attached hydrogens (tertiary/aromatic N) is 1. The minimum Gasteiger partial charge on any atom is -0.497 e. The van der Waals surface area contributed by atoms with E-state index >= 15 is 0 Å². The predicted molar refractivity (Wildman–Crippen MR) is 88.1 cm³/mol. The highest BCUT2D eigenvalue weighted by Crippen LogP contribution is 2.21. The molecule has 25 heavy (non-hydrogen) atoms. The number of methoxy groups -OCH3 is 1. The number of benzene rings is 2. The third-order valence-electron chi connectivity index (χ3n) is 3.86. The fraction of sp³-hybridized carbons (Fsp3) is 0.278. The summed E-state index contributed by atoms with van der Waals surface area (Å²) in [5.74, 6) is -4.60. The van der Waals surface area contributed by atoms with Gasteiger partial charge < -0.3 is 15.0 Å². The molecule has 4 nitrogen and oxygen atoms in total. The van der Waals surface area contributed by atoms with Crippen molar-refractivity contribution in [1.82, 2.24) is 10.2 Å². The highest BCUT2D eigenvalue weighted by molar-refractivity contribution is 5.94.